The molecule has 6 nitrogen and oxygen atoms in total. The van der Waals surface area contributed by atoms with Crippen molar-refractivity contribution in [2.45, 2.75) is 26.4 Å². The number of benzene rings is 2. The van der Waals surface area contributed by atoms with Crippen molar-refractivity contribution in [3.63, 3.8) is 0 Å². The molecule has 0 fully saturated rings. The topological polar surface area (TPSA) is 66.0 Å². The fourth-order valence-corrected chi connectivity index (χ4v) is 2.50. The van der Waals surface area contributed by atoms with Crippen LogP contribution in [-0.4, -0.2) is 25.4 Å². The Morgan fingerprint density at radius 3 is 2.76 bits per heavy atom. The van der Waals surface area contributed by atoms with Crippen molar-refractivity contribution in [3.05, 3.63) is 42.5 Å². The van der Waals surface area contributed by atoms with Gasteiger partial charge in [0, 0.05) is 6.07 Å². The summed E-state index contributed by atoms with van der Waals surface area (Å²) in [5.41, 5.74) is 0.627. The van der Waals surface area contributed by atoms with Crippen LogP contribution in [0.3, 0.4) is 0 Å². The molecule has 0 radical (unpaired) electrons. The van der Waals surface area contributed by atoms with Crippen LogP contribution in [0.25, 0.3) is 0 Å². The number of fused-ring (bicyclic) bond motifs is 1. The van der Waals surface area contributed by atoms with Crippen LogP contribution in [0.15, 0.2) is 42.5 Å². The summed E-state index contributed by atoms with van der Waals surface area (Å²) in [6.07, 6.45) is -0.105. The van der Waals surface area contributed by atoms with Gasteiger partial charge in [-0.1, -0.05) is 19.1 Å². The molecule has 0 saturated carbocycles. The summed E-state index contributed by atoms with van der Waals surface area (Å²) >= 11 is 0. The smallest absolute Gasteiger partial charge is 0.265 e. The van der Waals surface area contributed by atoms with E-state index in [2.05, 4.69) is 5.32 Å². The molecule has 1 unspecified atom stereocenters. The molecule has 1 atom stereocenters. The molecular weight excluding hydrogens is 322 g/mol. The first kappa shape index (κ1) is 17.0. The third-order valence-corrected chi connectivity index (χ3v) is 3.73. The van der Waals surface area contributed by atoms with E-state index in [0.29, 0.717) is 41.7 Å². The van der Waals surface area contributed by atoms with E-state index >= 15 is 0 Å². The lowest BCUT2D eigenvalue weighted by molar-refractivity contribution is -0.122. The summed E-state index contributed by atoms with van der Waals surface area (Å²) in [5, 5.41) is 2.87. The van der Waals surface area contributed by atoms with E-state index in [0.717, 1.165) is 0 Å². The lowest BCUT2D eigenvalue weighted by Gasteiger charge is -2.18. The maximum absolute atomic E-state index is 12.6. The van der Waals surface area contributed by atoms with E-state index in [9.17, 15) is 4.79 Å². The largest absolute Gasteiger partial charge is 0.492 e. The molecular formula is C19H21NO5. The Morgan fingerprint density at radius 2 is 1.96 bits per heavy atom. The van der Waals surface area contributed by atoms with Crippen LogP contribution in [0.4, 0.5) is 5.69 Å². The standard InChI is InChI=1S/C19H21NO5/c1-3-15(25-13-9-10-17-18(11-13)24-12-23-17)19(21)20-14-7-5-6-8-16(14)22-4-2/h5-11,15H,3-4,12H2,1-2H3,(H,20,21). The van der Waals surface area contributed by atoms with Gasteiger partial charge in [-0.25, -0.2) is 0 Å². The Balaban J connectivity index is 1.69. The fraction of sp³-hybridized carbons (Fsp3) is 0.316. The minimum Gasteiger partial charge on any atom is -0.492 e. The average Bonchev–Trinajstić information content (AvgIpc) is 3.09. The van der Waals surface area contributed by atoms with Crippen molar-refractivity contribution in [2.75, 3.05) is 18.7 Å². The SMILES string of the molecule is CCOc1ccccc1NC(=O)C(CC)Oc1ccc2c(c1)OCO2. The van der Waals surface area contributed by atoms with Crippen molar-refractivity contribution >= 4 is 11.6 Å². The molecule has 25 heavy (non-hydrogen) atoms. The van der Waals surface area contributed by atoms with Crippen LogP contribution in [-0.2, 0) is 4.79 Å². The van der Waals surface area contributed by atoms with Gasteiger partial charge in [-0.15, -0.1) is 0 Å². The Bertz CT molecular complexity index is 746. The summed E-state index contributed by atoms with van der Waals surface area (Å²) in [4.78, 5) is 12.6. The number of carbonyl (C=O) groups excluding carboxylic acids is 1. The van der Waals surface area contributed by atoms with E-state index in [4.69, 9.17) is 18.9 Å². The molecule has 3 rings (SSSR count). The first-order valence-corrected chi connectivity index (χ1v) is 8.30. The highest BCUT2D eigenvalue weighted by molar-refractivity contribution is 5.95. The van der Waals surface area contributed by atoms with Gasteiger partial charge in [0.25, 0.3) is 5.91 Å². The highest BCUT2D eigenvalue weighted by Gasteiger charge is 2.21. The molecule has 0 aliphatic carbocycles. The molecule has 2 aromatic rings. The van der Waals surface area contributed by atoms with Gasteiger partial charge in [0.2, 0.25) is 6.79 Å². The van der Waals surface area contributed by atoms with Gasteiger partial charge in [-0.05, 0) is 37.6 Å². The second-order valence-electron chi connectivity index (χ2n) is 5.45. The quantitative estimate of drug-likeness (QED) is 0.832. The molecule has 1 aliphatic rings. The van der Waals surface area contributed by atoms with Gasteiger partial charge in [-0.2, -0.15) is 0 Å². The third kappa shape index (κ3) is 3.96. The molecule has 1 heterocycles. The summed E-state index contributed by atoms with van der Waals surface area (Å²) in [5.74, 6) is 2.26. The number of hydrogen-bond donors (Lipinski definition) is 1. The zero-order valence-electron chi connectivity index (χ0n) is 14.3. The number of amides is 1. The minimum atomic E-state index is -0.630. The van der Waals surface area contributed by atoms with Gasteiger partial charge in [0.1, 0.15) is 11.5 Å². The summed E-state index contributed by atoms with van der Waals surface area (Å²) in [7, 11) is 0. The van der Waals surface area contributed by atoms with Crippen LogP contribution >= 0.6 is 0 Å². The molecule has 1 amide bonds. The third-order valence-electron chi connectivity index (χ3n) is 3.73. The van der Waals surface area contributed by atoms with Crippen molar-refractivity contribution in [1.82, 2.24) is 0 Å². The lowest BCUT2D eigenvalue weighted by atomic mass is 10.2. The number of hydrogen-bond acceptors (Lipinski definition) is 5. The summed E-state index contributed by atoms with van der Waals surface area (Å²) in [6.45, 7) is 4.52. The van der Waals surface area contributed by atoms with E-state index in [1.165, 1.54) is 0 Å². The highest BCUT2D eigenvalue weighted by Crippen LogP contribution is 2.35. The average molecular weight is 343 g/mol. The zero-order valence-corrected chi connectivity index (χ0v) is 14.3. The molecule has 0 bridgehead atoms. The molecule has 1 aliphatic heterocycles. The van der Waals surface area contributed by atoms with Crippen LogP contribution < -0.4 is 24.3 Å². The molecule has 2 aromatic carbocycles. The second-order valence-corrected chi connectivity index (χ2v) is 5.45. The van der Waals surface area contributed by atoms with Gasteiger partial charge in [0.05, 0.1) is 12.3 Å². The molecule has 0 saturated heterocycles. The van der Waals surface area contributed by atoms with Crippen LogP contribution in [0.1, 0.15) is 20.3 Å². The molecule has 132 valence electrons. The highest BCUT2D eigenvalue weighted by atomic mass is 16.7. The molecule has 0 spiro atoms. The normalized spacial score (nSPS) is 13.2. The molecule has 6 heteroatoms. The van der Waals surface area contributed by atoms with Crippen molar-refractivity contribution < 1.29 is 23.7 Å². The number of anilines is 1. The predicted molar refractivity (Wildman–Crippen MR) is 93.5 cm³/mol. The zero-order chi connectivity index (χ0) is 17.6. The second kappa shape index (κ2) is 7.79. The Morgan fingerprint density at radius 1 is 1.16 bits per heavy atom. The molecule has 0 aromatic heterocycles. The van der Waals surface area contributed by atoms with Crippen molar-refractivity contribution in [3.8, 4) is 23.0 Å². The number of nitrogens with one attached hydrogen (secondary N) is 1. The number of rotatable bonds is 7. The first-order valence-electron chi connectivity index (χ1n) is 8.30. The van der Waals surface area contributed by atoms with Crippen LogP contribution in [0.2, 0.25) is 0 Å². The van der Waals surface area contributed by atoms with Gasteiger partial charge >= 0.3 is 0 Å². The number of para-hydroxylation sites is 2. The van der Waals surface area contributed by atoms with E-state index in [-0.39, 0.29) is 12.7 Å². The van der Waals surface area contributed by atoms with E-state index in [1.54, 1.807) is 24.3 Å². The number of ether oxygens (including phenoxy) is 4. The first-order chi connectivity index (χ1) is 12.2. The summed E-state index contributed by atoms with van der Waals surface area (Å²) < 4.78 is 22.0. The van der Waals surface area contributed by atoms with Crippen LogP contribution in [0, 0.1) is 0 Å². The lowest BCUT2D eigenvalue weighted by Crippen LogP contribution is -2.32. The monoisotopic (exact) mass is 343 g/mol. The maximum atomic E-state index is 12.6. The van der Waals surface area contributed by atoms with Crippen LogP contribution in [0.5, 0.6) is 23.0 Å². The van der Waals surface area contributed by atoms with Gasteiger partial charge in [-0.3, -0.25) is 4.79 Å². The summed E-state index contributed by atoms with van der Waals surface area (Å²) in [6, 6.07) is 12.6. The Labute approximate surface area is 146 Å². The van der Waals surface area contributed by atoms with Crippen molar-refractivity contribution in [1.29, 1.82) is 0 Å². The fourth-order valence-electron chi connectivity index (χ4n) is 2.50. The minimum absolute atomic E-state index is 0.199. The van der Waals surface area contributed by atoms with Gasteiger partial charge in [0.15, 0.2) is 17.6 Å². The Kier molecular flexibility index (Phi) is 5.28. The van der Waals surface area contributed by atoms with Crippen molar-refractivity contribution in [2.24, 2.45) is 0 Å². The molecule has 1 N–H and O–H groups in total. The predicted octanol–water partition coefficient (Wildman–Crippen LogP) is 3.61. The van der Waals surface area contributed by atoms with E-state index < -0.39 is 6.10 Å². The van der Waals surface area contributed by atoms with Gasteiger partial charge < -0.3 is 24.3 Å². The Hall–Kier alpha value is -2.89. The van der Waals surface area contributed by atoms with E-state index in [1.807, 2.05) is 32.0 Å². The number of carbonyl (C=O) groups is 1. The maximum Gasteiger partial charge on any atom is 0.265 e.